The lowest BCUT2D eigenvalue weighted by Gasteiger charge is -2.23. The first-order chi connectivity index (χ1) is 8.22. The third-order valence-corrected chi connectivity index (χ3v) is 4.89. The van der Waals surface area contributed by atoms with Crippen molar-refractivity contribution in [3.8, 4) is 0 Å². The van der Waals surface area contributed by atoms with E-state index in [2.05, 4.69) is 36.1 Å². The third-order valence-electron chi connectivity index (χ3n) is 3.62. The Labute approximate surface area is 108 Å². The molecule has 1 unspecified atom stereocenters. The quantitative estimate of drug-likeness (QED) is 0.873. The second-order valence-corrected chi connectivity index (χ2v) is 5.91. The van der Waals surface area contributed by atoms with E-state index in [0.717, 1.165) is 6.54 Å². The molecule has 0 bridgehead atoms. The van der Waals surface area contributed by atoms with Crippen LogP contribution in [-0.4, -0.2) is 24.6 Å². The molecule has 0 aliphatic heterocycles. The summed E-state index contributed by atoms with van der Waals surface area (Å²) in [5.41, 5.74) is 0. The van der Waals surface area contributed by atoms with Gasteiger partial charge in [0.2, 0.25) is 0 Å². The molecule has 1 aromatic heterocycles. The second-order valence-electron chi connectivity index (χ2n) is 4.87. The van der Waals surface area contributed by atoms with Gasteiger partial charge >= 0.3 is 0 Å². The number of aromatic nitrogens is 1. The van der Waals surface area contributed by atoms with Gasteiger partial charge in [0.05, 0.1) is 0 Å². The number of nitrogens with zero attached hydrogens (tertiary/aromatic N) is 2. The summed E-state index contributed by atoms with van der Waals surface area (Å²) in [6.07, 6.45) is 7.43. The van der Waals surface area contributed by atoms with Gasteiger partial charge in [-0.15, -0.1) is 11.3 Å². The fourth-order valence-electron chi connectivity index (χ4n) is 2.49. The Kier molecular flexibility index (Phi) is 4.40. The molecule has 1 aliphatic carbocycles. The molecule has 0 spiro atoms. The van der Waals surface area contributed by atoms with Crippen LogP contribution in [0.25, 0.3) is 0 Å². The summed E-state index contributed by atoms with van der Waals surface area (Å²) in [6.45, 7) is 5.35. The van der Waals surface area contributed by atoms with Crippen molar-refractivity contribution >= 4 is 16.5 Å². The van der Waals surface area contributed by atoms with Crippen molar-refractivity contribution < 1.29 is 0 Å². The average molecular weight is 253 g/mol. The molecule has 3 nitrogen and oxygen atoms in total. The van der Waals surface area contributed by atoms with Gasteiger partial charge in [-0.25, -0.2) is 4.98 Å². The van der Waals surface area contributed by atoms with Crippen molar-refractivity contribution in [2.75, 3.05) is 18.5 Å². The van der Waals surface area contributed by atoms with E-state index in [9.17, 15) is 0 Å². The highest BCUT2D eigenvalue weighted by molar-refractivity contribution is 7.15. The van der Waals surface area contributed by atoms with Gasteiger partial charge in [-0.05, 0) is 26.3 Å². The molecule has 0 amide bonds. The molecule has 1 aliphatic rings. The summed E-state index contributed by atoms with van der Waals surface area (Å²) in [6, 6.07) is 1.13. The average Bonchev–Trinajstić information content (AvgIpc) is 3.00. The number of anilines is 1. The van der Waals surface area contributed by atoms with Crippen LogP contribution < -0.4 is 10.2 Å². The lowest BCUT2D eigenvalue weighted by Crippen LogP contribution is -2.28. The molecule has 1 N–H and O–H groups in total. The fraction of sp³-hybridized carbons (Fsp3) is 0.769. The maximum Gasteiger partial charge on any atom is 0.185 e. The van der Waals surface area contributed by atoms with E-state index in [1.807, 2.05) is 17.5 Å². The Morgan fingerprint density at radius 1 is 1.53 bits per heavy atom. The van der Waals surface area contributed by atoms with Crippen molar-refractivity contribution in [2.45, 2.75) is 51.6 Å². The Bertz CT molecular complexity index is 344. The number of hydrogen-bond donors (Lipinski definition) is 1. The first-order valence-electron chi connectivity index (χ1n) is 6.64. The van der Waals surface area contributed by atoms with Crippen molar-refractivity contribution in [1.29, 1.82) is 0 Å². The van der Waals surface area contributed by atoms with E-state index in [4.69, 9.17) is 0 Å². The normalized spacial score (nSPS) is 18.5. The van der Waals surface area contributed by atoms with Crippen LogP contribution in [0.15, 0.2) is 6.20 Å². The molecule has 2 rings (SSSR count). The van der Waals surface area contributed by atoms with E-state index in [1.54, 1.807) is 0 Å². The third kappa shape index (κ3) is 2.99. The predicted molar refractivity (Wildman–Crippen MR) is 74.9 cm³/mol. The molecule has 0 aromatic carbocycles. The molecular formula is C13H23N3S. The molecule has 17 heavy (non-hydrogen) atoms. The highest BCUT2D eigenvalue weighted by atomic mass is 32.1. The van der Waals surface area contributed by atoms with Gasteiger partial charge in [-0.1, -0.05) is 19.8 Å². The van der Waals surface area contributed by atoms with Crippen LogP contribution in [0.2, 0.25) is 0 Å². The van der Waals surface area contributed by atoms with Crippen LogP contribution >= 0.6 is 11.3 Å². The molecular weight excluding hydrogens is 230 g/mol. The van der Waals surface area contributed by atoms with Gasteiger partial charge in [0, 0.05) is 30.2 Å². The van der Waals surface area contributed by atoms with Crippen LogP contribution in [0.5, 0.6) is 0 Å². The van der Waals surface area contributed by atoms with Crippen molar-refractivity contribution in [3.05, 3.63) is 11.1 Å². The minimum Gasteiger partial charge on any atom is -0.348 e. The zero-order chi connectivity index (χ0) is 12.3. The zero-order valence-electron chi connectivity index (χ0n) is 11.1. The number of hydrogen-bond acceptors (Lipinski definition) is 4. The highest BCUT2D eigenvalue weighted by Crippen LogP contribution is 2.31. The van der Waals surface area contributed by atoms with Gasteiger partial charge in [0.1, 0.15) is 0 Å². The predicted octanol–water partition coefficient (Wildman–Crippen LogP) is 3.19. The van der Waals surface area contributed by atoms with Gasteiger partial charge in [0.25, 0.3) is 0 Å². The maximum absolute atomic E-state index is 4.57. The standard InChI is InChI=1S/C13H23N3S/c1-4-14-10(2)12-9-15-13(17-12)16(3)11-7-5-6-8-11/h9-11,14H,4-8H2,1-3H3. The molecule has 1 fully saturated rings. The SMILES string of the molecule is CCNC(C)c1cnc(N(C)C2CCCC2)s1. The van der Waals surface area contributed by atoms with E-state index in [1.165, 1.54) is 35.7 Å². The van der Waals surface area contributed by atoms with E-state index < -0.39 is 0 Å². The zero-order valence-corrected chi connectivity index (χ0v) is 11.9. The molecule has 1 aromatic rings. The summed E-state index contributed by atoms with van der Waals surface area (Å²) in [5.74, 6) is 0. The first kappa shape index (κ1) is 12.8. The van der Waals surface area contributed by atoms with Crippen molar-refractivity contribution in [3.63, 3.8) is 0 Å². The molecule has 0 saturated heterocycles. The summed E-state index contributed by atoms with van der Waals surface area (Å²) < 4.78 is 0. The Balaban J connectivity index is 2.01. The largest absolute Gasteiger partial charge is 0.348 e. The van der Waals surface area contributed by atoms with E-state index in [-0.39, 0.29) is 0 Å². The Hall–Kier alpha value is -0.610. The number of thiazole rings is 1. The Morgan fingerprint density at radius 3 is 2.88 bits per heavy atom. The van der Waals surface area contributed by atoms with Crippen LogP contribution in [0.3, 0.4) is 0 Å². The number of nitrogens with one attached hydrogen (secondary N) is 1. The number of rotatable bonds is 5. The molecule has 1 saturated carbocycles. The van der Waals surface area contributed by atoms with Crippen LogP contribution in [0.4, 0.5) is 5.13 Å². The fourth-order valence-corrected chi connectivity index (χ4v) is 3.47. The van der Waals surface area contributed by atoms with Crippen molar-refractivity contribution in [1.82, 2.24) is 10.3 Å². The lowest BCUT2D eigenvalue weighted by atomic mass is 10.2. The van der Waals surface area contributed by atoms with E-state index in [0.29, 0.717) is 12.1 Å². The summed E-state index contributed by atoms with van der Waals surface area (Å²) in [4.78, 5) is 8.28. The lowest BCUT2D eigenvalue weighted by molar-refractivity contribution is 0.606. The summed E-state index contributed by atoms with van der Waals surface area (Å²) in [5, 5.41) is 4.61. The van der Waals surface area contributed by atoms with Crippen LogP contribution in [0.1, 0.15) is 50.4 Å². The highest BCUT2D eigenvalue weighted by Gasteiger charge is 2.22. The smallest absolute Gasteiger partial charge is 0.185 e. The minimum absolute atomic E-state index is 0.420. The van der Waals surface area contributed by atoms with Gasteiger partial charge < -0.3 is 10.2 Å². The van der Waals surface area contributed by atoms with E-state index >= 15 is 0 Å². The molecule has 1 heterocycles. The van der Waals surface area contributed by atoms with Crippen molar-refractivity contribution in [2.24, 2.45) is 0 Å². The molecule has 1 atom stereocenters. The monoisotopic (exact) mass is 253 g/mol. The first-order valence-corrected chi connectivity index (χ1v) is 7.46. The molecule has 0 radical (unpaired) electrons. The molecule has 96 valence electrons. The summed E-state index contributed by atoms with van der Waals surface area (Å²) >= 11 is 1.83. The Morgan fingerprint density at radius 2 is 2.24 bits per heavy atom. The van der Waals surface area contributed by atoms with Gasteiger partial charge in [-0.2, -0.15) is 0 Å². The second kappa shape index (κ2) is 5.83. The minimum atomic E-state index is 0.420. The molecule has 4 heteroatoms. The van der Waals surface area contributed by atoms with Gasteiger partial charge in [-0.3, -0.25) is 0 Å². The van der Waals surface area contributed by atoms with Crippen LogP contribution in [0, 0.1) is 0 Å². The van der Waals surface area contributed by atoms with Crippen LogP contribution in [-0.2, 0) is 0 Å². The van der Waals surface area contributed by atoms with Gasteiger partial charge in [0.15, 0.2) is 5.13 Å². The maximum atomic E-state index is 4.57. The topological polar surface area (TPSA) is 28.2 Å². The summed E-state index contributed by atoms with van der Waals surface area (Å²) in [7, 11) is 2.19.